The number of aliphatic hydroxyl groups excluding tert-OH is 1. The van der Waals surface area contributed by atoms with Gasteiger partial charge in [-0.25, -0.2) is 4.39 Å². The van der Waals surface area contributed by atoms with E-state index in [9.17, 15) is 22.4 Å². The molecule has 0 spiro atoms. The summed E-state index contributed by atoms with van der Waals surface area (Å²) in [4.78, 5) is 15.2. The average molecular weight is 523 g/mol. The molecule has 1 saturated heterocycles. The lowest BCUT2D eigenvalue weighted by molar-refractivity contribution is -0.274. The fourth-order valence-corrected chi connectivity index (χ4v) is 4.90. The first-order valence-electron chi connectivity index (χ1n) is 12.4. The number of benzene rings is 2. The number of aromatic nitrogens is 1. The third kappa shape index (κ3) is 6.24. The van der Waals surface area contributed by atoms with E-state index in [1.54, 1.807) is 17.0 Å². The number of piperidine rings is 1. The van der Waals surface area contributed by atoms with Crippen molar-refractivity contribution in [2.45, 2.75) is 45.0 Å². The van der Waals surface area contributed by atoms with Crippen molar-refractivity contribution >= 4 is 16.8 Å². The largest absolute Gasteiger partial charge is 0.573 e. The van der Waals surface area contributed by atoms with E-state index >= 15 is 0 Å². The predicted molar refractivity (Wildman–Crippen MR) is 130 cm³/mol. The number of para-hydroxylation sites is 1. The van der Waals surface area contributed by atoms with Gasteiger partial charge in [0.25, 0.3) is 5.91 Å². The van der Waals surface area contributed by atoms with Crippen molar-refractivity contribution in [3.8, 4) is 5.75 Å². The molecule has 37 heavy (non-hydrogen) atoms. The number of aryl methyl sites for hydroxylation is 1. The summed E-state index contributed by atoms with van der Waals surface area (Å²) in [5.74, 6) is -0.959. The maximum atomic E-state index is 14.5. The Kier molecular flexibility index (Phi) is 8.39. The van der Waals surface area contributed by atoms with E-state index in [1.165, 1.54) is 29.0 Å². The number of hydrogen-bond acceptors (Lipinski definition) is 4. The number of aliphatic hydroxyl groups is 1. The Morgan fingerprint density at radius 2 is 1.89 bits per heavy atom. The van der Waals surface area contributed by atoms with Crippen LogP contribution in [0.25, 0.3) is 10.9 Å². The number of halogens is 4. The van der Waals surface area contributed by atoms with E-state index in [0.29, 0.717) is 36.9 Å². The van der Waals surface area contributed by atoms with E-state index in [2.05, 4.69) is 4.74 Å². The van der Waals surface area contributed by atoms with Crippen LogP contribution >= 0.6 is 0 Å². The maximum Gasteiger partial charge on any atom is 0.573 e. The Morgan fingerprint density at radius 1 is 1.14 bits per heavy atom. The average Bonchev–Trinajstić information content (AvgIpc) is 3.25. The summed E-state index contributed by atoms with van der Waals surface area (Å²) in [6.07, 6.45) is -1.39. The number of fused-ring (bicyclic) bond motifs is 1. The zero-order valence-electron chi connectivity index (χ0n) is 20.6. The molecule has 1 fully saturated rings. The van der Waals surface area contributed by atoms with Crippen LogP contribution in [0.2, 0.25) is 0 Å². The van der Waals surface area contributed by atoms with Crippen LogP contribution in [0.5, 0.6) is 5.75 Å². The van der Waals surface area contributed by atoms with E-state index in [-0.39, 0.29) is 55.1 Å². The van der Waals surface area contributed by atoms with Crippen molar-refractivity contribution in [2.24, 2.45) is 0 Å². The number of alkyl halides is 3. The summed E-state index contributed by atoms with van der Waals surface area (Å²) in [6, 6.07) is 9.38. The lowest BCUT2D eigenvalue weighted by Gasteiger charge is -2.32. The summed E-state index contributed by atoms with van der Waals surface area (Å²) in [5.41, 5.74) is 2.13. The number of carbonyl (C=O) groups is 1. The predicted octanol–water partition coefficient (Wildman–Crippen LogP) is 5.27. The molecule has 1 amide bonds. The normalized spacial score (nSPS) is 14.9. The molecular formula is C27H30F4N2O4. The van der Waals surface area contributed by atoms with E-state index in [4.69, 9.17) is 9.84 Å². The molecule has 1 N–H and O–H groups in total. The summed E-state index contributed by atoms with van der Waals surface area (Å²) in [6.45, 7) is 3.03. The third-order valence-corrected chi connectivity index (χ3v) is 6.72. The van der Waals surface area contributed by atoms with Crippen LogP contribution in [-0.4, -0.2) is 59.8 Å². The van der Waals surface area contributed by atoms with Gasteiger partial charge >= 0.3 is 6.36 Å². The first-order chi connectivity index (χ1) is 17.7. The van der Waals surface area contributed by atoms with Gasteiger partial charge in [-0.2, -0.15) is 0 Å². The Bertz CT molecular complexity index is 1230. The molecule has 3 aromatic rings. The zero-order chi connectivity index (χ0) is 26.6. The molecule has 0 bridgehead atoms. The van der Waals surface area contributed by atoms with Crippen molar-refractivity contribution in [2.75, 3.05) is 32.9 Å². The van der Waals surface area contributed by atoms with Crippen molar-refractivity contribution in [1.29, 1.82) is 0 Å². The minimum Gasteiger partial charge on any atom is -0.404 e. The molecule has 2 heterocycles. The van der Waals surface area contributed by atoms with Crippen molar-refractivity contribution < 1.29 is 36.9 Å². The monoisotopic (exact) mass is 522 g/mol. The number of ether oxygens (including phenoxy) is 2. The highest BCUT2D eigenvalue weighted by Gasteiger charge is 2.33. The molecule has 10 heteroatoms. The van der Waals surface area contributed by atoms with Gasteiger partial charge in [-0.05, 0) is 48.4 Å². The molecule has 0 aliphatic carbocycles. The van der Waals surface area contributed by atoms with Crippen LogP contribution in [0.4, 0.5) is 17.6 Å². The van der Waals surface area contributed by atoms with Gasteiger partial charge in [-0.15, -0.1) is 13.2 Å². The van der Waals surface area contributed by atoms with Crippen LogP contribution in [0, 0.1) is 5.82 Å². The van der Waals surface area contributed by atoms with Gasteiger partial charge < -0.3 is 24.0 Å². The van der Waals surface area contributed by atoms with Gasteiger partial charge in [0, 0.05) is 31.2 Å². The number of hydrogen-bond donors (Lipinski definition) is 1. The van der Waals surface area contributed by atoms with Crippen molar-refractivity contribution in [3.05, 3.63) is 65.1 Å². The van der Waals surface area contributed by atoms with E-state index in [1.807, 2.05) is 13.0 Å². The summed E-state index contributed by atoms with van der Waals surface area (Å²) < 4.78 is 64.8. The minimum absolute atomic E-state index is 0.00708. The lowest BCUT2D eigenvalue weighted by Crippen LogP contribution is -2.38. The summed E-state index contributed by atoms with van der Waals surface area (Å²) >= 11 is 0. The van der Waals surface area contributed by atoms with Crippen LogP contribution in [0.3, 0.4) is 0 Å². The smallest absolute Gasteiger partial charge is 0.404 e. The van der Waals surface area contributed by atoms with Gasteiger partial charge in [0.05, 0.1) is 30.9 Å². The Morgan fingerprint density at radius 3 is 2.57 bits per heavy atom. The van der Waals surface area contributed by atoms with Crippen LogP contribution < -0.4 is 4.74 Å². The van der Waals surface area contributed by atoms with E-state index in [0.717, 1.165) is 12.0 Å². The highest BCUT2D eigenvalue weighted by molar-refractivity contribution is 6.08. The second kappa shape index (κ2) is 11.5. The molecule has 6 nitrogen and oxygen atoms in total. The lowest BCUT2D eigenvalue weighted by atomic mass is 9.87. The first kappa shape index (κ1) is 26.9. The van der Waals surface area contributed by atoms with Gasteiger partial charge in [0.15, 0.2) is 5.75 Å². The number of rotatable bonds is 9. The number of amides is 1. The van der Waals surface area contributed by atoms with Crippen LogP contribution in [-0.2, 0) is 17.7 Å². The Hall–Kier alpha value is -3.11. The standard InChI is InChI=1S/C27H30F4N2O4/c1-2-18-6-7-23(28)21(16-18)19-8-10-32(11-9-19)26(35)22-17-33(12-14-36-15-13-34)25-20(22)4-3-5-24(25)37-27(29,30)31/h3-7,16-17,19,34H,2,8-15H2,1H3. The molecule has 0 unspecified atom stereocenters. The summed E-state index contributed by atoms with van der Waals surface area (Å²) in [5, 5.41) is 9.26. The number of carbonyl (C=O) groups excluding carboxylic acids is 1. The second-order valence-electron chi connectivity index (χ2n) is 9.05. The zero-order valence-corrected chi connectivity index (χ0v) is 20.6. The van der Waals surface area contributed by atoms with Gasteiger partial charge in [-0.1, -0.05) is 31.2 Å². The third-order valence-electron chi connectivity index (χ3n) is 6.72. The van der Waals surface area contributed by atoms with Crippen molar-refractivity contribution in [3.63, 3.8) is 0 Å². The SMILES string of the molecule is CCc1ccc(F)c(C2CCN(C(=O)c3cn(CCOCCO)c4c(OC(F)(F)F)cccc34)CC2)c1. The quantitative estimate of drug-likeness (QED) is 0.307. The van der Waals surface area contributed by atoms with Crippen molar-refractivity contribution in [1.82, 2.24) is 9.47 Å². The molecule has 0 atom stereocenters. The highest BCUT2D eigenvalue weighted by Crippen LogP contribution is 2.36. The molecule has 2 aromatic carbocycles. The Balaban J connectivity index is 1.58. The molecule has 1 aliphatic rings. The first-order valence-corrected chi connectivity index (χ1v) is 12.4. The molecule has 4 rings (SSSR count). The van der Waals surface area contributed by atoms with Gasteiger partial charge in [-0.3, -0.25) is 4.79 Å². The fourth-order valence-electron chi connectivity index (χ4n) is 4.90. The second-order valence-corrected chi connectivity index (χ2v) is 9.05. The number of likely N-dealkylation sites (tertiary alicyclic amines) is 1. The van der Waals surface area contributed by atoms with E-state index < -0.39 is 12.1 Å². The fraction of sp³-hybridized carbons (Fsp3) is 0.444. The topological polar surface area (TPSA) is 63.9 Å². The maximum absolute atomic E-state index is 14.5. The minimum atomic E-state index is -4.90. The highest BCUT2D eigenvalue weighted by atomic mass is 19.4. The molecule has 0 saturated carbocycles. The molecule has 200 valence electrons. The van der Waals surface area contributed by atoms with Crippen LogP contribution in [0.1, 0.15) is 47.2 Å². The van der Waals surface area contributed by atoms with Crippen LogP contribution in [0.15, 0.2) is 42.6 Å². The summed E-state index contributed by atoms with van der Waals surface area (Å²) in [7, 11) is 0. The van der Waals surface area contributed by atoms with Gasteiger partial charge in [0.2, 0.25) is 0 Å². The number of nitrogens with zero attached hydrogens (tertiary/aromatic N) is 2. The Labute approximate surface area is 212 Å². The molecule has 0 radical (unpaired) electrons. The molecule has 1 aromatic heterocycles. The molecule has 1 aliphatic heterocycles. The molecular weight excluding hydrogens is 492 g/mol. The van der Waals surface area contributed by atoms with Gasteiger partial charge in [0.1, 0.15) is 5.82 Å².